The van der Waals surface area contributed by atoms with Crippen LogP contribution in [0.1, 0.15) is 18.5 Å². The summed E-state index contributed by atoms with van der Waals surface area (Å²) >= 11 is 5.80. The van der Waals surface area contributed by atoms with E-state index >= 15 is 0 Å². The number of anilines is 1. The van der Waals surface area contributed by atoms with Crippen LogP contribution in [0.5, 0.6) is 0 Å². The van der Waals surface area contributed by atoms with E-state index in [1.54, 1.807) is 31.2 Å². The third-order valence-corrected chi connectivity index (χ3v) is 2.94. The molecule has 2 nitrogen and oxygen atoms in total. The lowest BCUT2D eigenvalue weighted by molar-refractivity contribution is 0.410. The number of rotatable bonds is 3. The fourth-order valence-corrected chi connectivity index (χ4v) is 1.89. The number of hydrogen-bond donors (Lipinski definition) is 1. The number of pyridine rings is 1. The van der Waals surface area contributed by atoms with E-state index in [4.69, 9.17) is 11.6 Å². The van der Waals surface area contributed by atoms with E-state index in [1.165, 1.54) is 0 Å². The topological polar surface area (TPSA) is 24.9 Å². The summed E-state index contributed by atoms with van der Waals surface area (Å²) < 4.78 is 52.9. The summed E-state index contributed by atoms with van der Waals surface area (Å²) in [7, 11) is 0. The highest BCUT2D eigenvalue weighted by atomic mass is 35.5. The van der Waals surface area contributed by atoms with Gasteiger partial charge in [0.25, 0.3) is 11.9 Å². The van der Waals surface area contributed by atoms with Crippen molar-refractivity contribution in [2.45, 2.75) is 13.0 Å². The van der Waals surface area contributed by atoms with E-state index in [0.717, 1.165) is 0 Å². The number of nitrogens with one attached hydrogen (secondary N) is 1. The molecular weight excluding hydrogens is 296 g/mol. The second-order valence-corrected chi connectivity index (χ2v) is 4.55. The molecule has 20 heavy (non-hydrogen) atoms. The molecule has 0 saturated heterocycles. The van der Waals surface area contributed by atoms with Crippen molar-refractivity contribution in [1.29, 1.82) is 0 Å². The minimum absolute atomic E-state index is 0.434. The average Bonchev–Trinajstić information content (AvgIpc) is 2.41. The van der Waals surface area contributed by atoms with Gasteiger partial charge in [0.05, 0.1) is 0 Å². The molecule has 0 amide bonds. The van der Waals surface area contributed by atoms with Gasteiger partial charge in [-0.25, -0.2) is 0 Å². The van der Waals surface area contributed by atoms with Gasteiger partial charge in [0.2, 0.25) is 11.6 Å². The summed E-state index contributed by atoms with van der Waals surface area (Å²) in [5.74, 6) is -6.55. The van der Waals surface area contributed by atoms with Crippen molar-refractivity contribution < 1.29 is 17.6 Å². The molecule has 106 valence electrons. The molecule has 1 aromatic carbocycles. The fraction of sp³-hybridized carbons (Fsp3) is 0.154. The Kier molecular flexibility index (Phi) is 4.13. The molecule has 2 rings (SSSR count). The van der Waals surface area contributed by atoms with Crippen LogP contribution in [0.2, 0.25) is 5.02 Å². The smallest absolute Gasteiger partial charge is 0.253 e. The van der Waals surface area contributed by atoms with Gasteiger partial charge in [-0.3, -0.25) is 0 Å². The second kappa shape index (κ2) is 5.66. The molecular formula is C13H9ClF4N2. The van der Waals surface area contributed by atoms with Crippen molar-refractivity contribution >= 4 is 17.3 Å². The van der Waals surface area contributed by atoms with Crippen molar-refractivity contribution in [3.63, 3.8) is 0 Å². The Morgan fingerprint density at radius 2 is 1.70 bits per heavy atom. The standard InChI is InChI=1S/C13H9ClF4N2/c1-6(7-3-2-4-8(14)5-7)19-11-9(15)12(17)20-13(18)10(11)16/h2-6H,1H3,(H,19,20). The van der Waals surface area contributed by atoms with Crippen LogP contribution in [-0.2, 0) is 0 Å². The normalized spacial score (nSPS) is 12.3. The van der Waals surface area contributed by atoms with Crippen LogP contribution in [0.25, 0.3) is 0 Å². The Bertz CT molecular complexity index is 622. The van der Waals surface area contributed by atoms with Crippen LogP contribution >= 0.6 is 11.6 Å². The molecule has 0 spiro atoms. The van der Waals surface area contributed by atoms with Crippen LogP contribution in [0.4, 0.5) is 23.2 Å². The molecule has 0 radical (unpaired) electrons. The van der Waals surface area contributed by atoms with Crippen LogP contribution in [-0.4, -0.2) is 4.98 Å². The van der Waals surface area contributed by atoms with E-state index < -0.39 is 35.3 Å². The molecule has 1 aromatic heterocycles. The molecule has 0 bridgehead atoms. The highest BCUT2D eigenvalue weighted by Gasteiger charge is 2.22. The monoisotopic (exact) mass is 304 g/mol. The van der Waals surface area contributed by atoms with Gasteiger partial charge in [0, 0.05) is 11.1 Å². The first kappa shape index (κ1) is 14.6. The maximum Gasteiger partial charge on any atom is 0.253 e. The van der Waals surface area contributed by atoms with E-state index in [-0.39, 0.29) is 0 Å². The third-order valence-electron chi connectivity index (χ3n) is 2.71. The molecule has 1 heterocycles. The van der Waals surface area contributed by atoms with Crippen molar-refractivity contribution in [3.05, 3.63) is 58.4 Å². The number of benzene rings is 1. The predicted molar refractivity (Wildman–Crippen MR) is 67.6 cm³/mol. The Balaban J connectivity index is 2.35. The molecule has 0 fully saturated rings. The van der Waals surface area contributed by atoms with Gasteiger partial charge < -0.3 is 5.32 Å². The molecule has 0 saturated carbocycles. The molecule has 7 heteroatoms. The van der Waals surface area contributed by atoms with Gasteiger partial charge in [-0.05, 0) is 24.6 Å². The maximum atomic E-state index is 13.5. The van der Waals surface area contributed by atoms with E-state index in [2.05, 4.69) is 10.3 Å². The minimum atomic E-state index is -1.70. The largest absolute Gasteiger partial charge is 0.373 e. The van der Waals surface area contributed by atoms with Gasteiger partial charge in [-0.15, -0.1) is 0 Å². The second-order valence-electron chi connectivity index (χ2n) is 4.12. The first-order valence-corrected chi connectivity index (χ1v) is 6.00. The van der Waals surface area contributed by atoms with Crippen molar-refractivity contribution in [2.24, 2.45) is 0 Å². The van der Waals surface area contributed by atoms with E-state index in [9.17, 15) is 17.6 Å². The first-order chi connectivity index (χ1) is 9.40. The van der Waals surface area contributed by atoms with E-state index in [0.29, 0.717) is 10.6 Å². The van der Waals surface area contributed by atoms with E-state index in [1.807, 2.05) is 0 Å². The van der Waals surface area contributed by atoms with Gasteiger partial charge >= 0.3 is 0 Å². The lowest BCUT2D eigenvalue weighted by Gasteiger charge is -2.17. The lowest BCUT2D eigenvalue weighted by atomic mass is 10.1. The summed E-state index contributed by atoms with van der Waals surface area (Å²) in [4.78, 5) is 2.48. The summed E-state index contributed by atoms with van der Waals surface area (Å²) in [6, 6.07) is 5.90. The van der Waals surface area contributed by atoms with Crippen LogP contribution in [0, 0.1) is 23.5 Å². The molecule has 1 unspecified atom stereocenters. The van der Waals surface area contributed by atoms with Gasteiger partial charge in [-0.2, -0.15) is 22.5 Å². The number of nitrogens with zero attached hydrogens (tertiary/aromatic N) is 1. The lowest BCUT2D eigenvalue weighted by Crippen LogP contribution is -2.13. The van der Waals surface area contributed by atoms with Crippen molar-refractivity contribution in [3.8, 4) is 0 Å². The summed E-state index contributed by atoms with van der Waals surface area (Å²) in [6.07, 6.45) is 0. The highest BCUT2D eigenvalue weighted by molar-refractivity contribution is 6.30. The molecule has 0 aliphatic rings. The van der Waals surface area contributed by atoms with Crippen molar-refractivity contribution in [2.75, 3.05) is 5.32 Å². The first-order valence-electron chi connectivity index (χ1n) is 5.62. The number of hydrogen-bond acceptors (Lipinski definition) is 2. The highest BCUT2D eigenvalue weighted by Crippen LogP contribution is 2.27. The van der Waals surface area contributed by atoms with Crippen LogP contribution < -0.4 is 5.32 Å². The zero-order valence-electron chi connectivity index (χ0n) is 10.2. The average molecular weight is 305 g/mol. The zero-order chi connectivity index (χ0) is 14.9. The summed E-state index contributed by atoms with van der Waals surface area (Å²) in [5, 5.41) is 2.81. The number of halogens is 5. The van der Waals surface area contributed by atoms with Crippen molar-refractivity contribution in [1.82, 2.24) is 4.98 Å². The third kappa shape index (κ3) is 2.85. The number of aromatic nitrogens is 1. The molecule has 1 N–H and O–H groups in total. The molecule has 1 atom stereocenters. The van der Waals surface area contributed by atoms with Crippen LogP contribution in [0.3, 0.4) is 0 Å². The summed E-state index contributed by atoms with van der Waals surface area (Å²) in [5.41, 5.74) is -0.295. The van der Waals surface area contributed by atoms with Crippen LogP contribution in [0.15, 0.2) is 24.3 Å². The molecule has 2 aromatic rings. The quantitative estimate of drug-likeness (QED) is 0.669. The van der Waals surface area contributed by atoms with Gasteiger partial charge in [-0.1, -0.05) is 23.7 Å². The maximum absolute atomic E-state index is 13.5. The Labute approximate surface area is 117 Å². The minimum Gasteiger partial charge on any atom is -0.373 e. The fourth-order valence-electron chi connectivity index (χ4n) is 1.69. The predicted octanol–water partition coefficient (Wildman–Crippen LogP) is 4.46. The summed E-state index contributed by atoms with van der Waals surface area (Å²) in [6.45, 7) is 1.57. The SMILES string of the molecule is CC(Nc1c(F)c(F)nc(F)c1F)c1cccc(Cl)c1. The molecule has 0 aliphatic carbocycles. The van der Waals surface area contributed by atoms with Gasteiger partial charge in [0.1, 0.15) is 5.69 Å². The molecule has 0 aliphatic heterocycles. The Hall–Kier alpha value is -1.82. The Morgan fingerprint density at radius 1 is 1.10 bits per heavy atom. The zero-order valence-corrected chi connectivity index (χ0v) is 11.0. The van der Waals surface area contributed by atoms with Gasteiger partial charge in [0.15, 0.2) is 0 Å². The Morgan fingerprint density at radius 3 is 2.25 bits per heavy atom.